The summed E-state index contributed by atoms with van der Waals surface area (Å²) in [7, 11) is -3.76. The van der Waals surface area contributed by atoms with E-state index >= 15 is 0 Å². The number of nitrogens with one attached hydrogen (secondary N) is 1. The first-order valence-electron chi connectivity index (χ1n) is 6.89. The van der Waals surface area contributed by atoms with Crippen molar-refractivity contribution in [3.05, 3.63) is 18.2 Å². The minimum absolute atomic E-state index is 0.00440. The van der Waals surface area contributed by atoms with Crippen molar-refractivity contribution < 1.29 is 13.2 Å². The van der Waals surface area contributed by atoms with E-state index in [1.165, 1.54) is 12.1 Å². The van der Waals surface area contributed by atoms with E-state index in [0.717, 1.165) is 19.6 Å². The van der Waals surface area contributed by atoms with E-state index in [0.29, 0.717) is 24.5 Å². The van der Waals surface area contributed by atoms with E-state index in [-0.39, 0.29) is 11.0 Å². The standard InChI is InChI=1S/C13H22N4O3S/c1-2-17-3-4-20-12(9-17)8-16-11-5-10(14)6-13(7-11)21(15,18)19/h5-7,12,16H,2-4,8-9,14H2,1H3,(H2,15,18,19). The molecule has 1 heterocycles. The van der Waals surface area contributed by atoms with Crippen LogP contribution in [0.5, 0.6) is 0 Å². The van der Waals surface area contributed by atoms with Gasteiger partial charge in [-0.3, -0.25) is 4.90 Å². The largest absolute Gasteiger partial charge is 0.399 e. The second-order valence-corrected chi connectivity index (χ2v) is 6.66. The number of likely N-dealkylation sites (N-methyl/N-ethyl adjacent to an activating group) is 1. The molecular weight excluding hydrogens is 292 g/mol. The number of nitrogens with zero attached hydrogens (tertiary/aromatic N) is 1. The van der Waals surface area contributed by atoms with Crippen LogP contribution in [0.2, 0.25) is 0 Å². The molecule has 8 heteroatoms. The molecule has 0 aliphatic carbocycles. The molecule has 1 aromatic rings. The maximum absolute atomic E-state index is 11.4. The quantitative estimate of drug-likeness (QED) is 0.662. The van der Waals surface area contributed by atoms with Crippen molar-refractivity contribution in [2.24, 2.45) is 5.14 Å². The molecule has 21 heavy (non-hydrogen) atoms. The van der Waals surface area contributed by atoms with Crippen LogP contribution in [0.3, 0.4) is 0 Å². The zero-order chi connectivity index (χ0) is 15.5. The second-order valence-electron chi connectivity index (χ2n) is 5.10. The Morgan fingerprint density at radius 1 is 1.43 bits per heavy atom. The van der Waals surface area contributed by atoms with Crippen molar-refractivity contribution in [1.29, 1.82) is 0 Å². The average molecular weight is 314 g/mol. The van der Waals surface area contributed by atoms with Gasteiger partial charge in [0.2, 0.25) is 10.0 Å². The number of benzene rings is 1. The zero-order valence-electron chi connectivity index (χ0n) is 12.1. The molecule has 0 aromatic heterocycles. The van der Waals surface area contributed by atoms with Crippen molar-refractivity contribution in [3.8, 4) is 0 Å². The zero-order valence-corrected chi connectivity index (χ0v) is 12.9. The molecule has 1 aliphatic heterocycles. The molecule has 0 spiro atoms. The molecule has 1 fully saturated rings. The van der Waals surface area contributed by atoms with Gasteiger partial charge in [-0.05, 0) is 24.7 Å². The van der Waals surface area contributed by atoms with E-state index in [4.69, 9.17) is 15.6 Å². The molecule has 1 atom stereocenters. The van der Waals surface area contributed by atoms with Crippen LogP contribution in [-0.2, 0) is 14.8 Å². The number of rotatable bonds is 5. The Morgan fingerprint density at radius 3 is 2.86 bits per heavy atom. The molecule has 0 saturated carbocycles. The highest BCUT2D eigenvalue weighted by Crippen LogP contribution is 2.20. The monoisotopic (exact) mass is 314 g/mol. The number of primary sulfonamides is 1. The Bertz CT molecular complexity index is 591. The maximum Gasteiger partial charge on any atom is 0.238 e. The predicted octanol–water partition coefficient (Wildman–Crippen LogP) is 0.0488. The summed E-state index contributed by atoms with van der Waals surface area (Å²) in [5.41, 5.74) is 6.68. The smallest absolute Gasteiger partial charge is 0.238 e. The number of hydrogen-bond acceptors (Lipinski definition) is 6. The lowest BCUT2D eigenvalue weighted by molar-refractivity contribution is -0.0191. The van der Waals surface area contributed by atoms with Crippen LogP contribution in [0.25, 0.3) is 0 Å². The van der Waals surface area contributed by atoms with Gasteiger partial charge < -0.3 is 15.8 Å². The van der Waals surface area contributed by atoms with Gasteiger partial charge in [-0.15, -0.1) is 0 Å². The molecule has 1 saturated heterocycles. The van der Waals surface area contributed by atoms with Gasteiger partial charge in [0.1, 0.15) is 0 Å². The lowest BCUT2D eigenvalue weighted by Crippen LogP contribution is -2.45. The van der Waals surface area contributed by atoms with Crippen molar-refractivity contribution in [2.75, 3.05) is 43.8 Å². The Kier molecular flexibility index (Phi) is 5.04. The number of morpholine rings is 1. The van der Waals surface area contributed by atoms with Crippen molar-refractivity contribution in [3.63, 3.8) is 0 Å². The number of nitrogen functional groups attached to an aromatic ring is 1. The number of ether oxygens (including phenoxy) is 1. The van der Waals surface area contributed by atoms with Gasteiger partial charge in [-0.1, -0.05) is 6.92 Å². The number of nitrogens with two attached hydrogens (primary N) is 2. The number of sulfonamides is 1. The van der Waals surface area contributed by atoms with Crippen molar-refractivity contribution in [2.45, 2.75) is 17.9 Å². The minimum Gasteiger partial charge on any atom is -0.399 e. The molecule has 1 aliphatic rings. The van der Waals surface area contributed by atoms with Gasteiger partial charge in [0.25, 0.3) is 0 Å². The molecule has 0 bridgehead atoms. The third-order valence-electron chi connectivity index (χ3n) is 3.46. The summed E-state index contributed by atoms with van der Waals surface area (Å²) in [6.45, 7) is 6.21. The van der Waals surface area contributed by atoms with Crippen LogP contribution in [0.4, 0.5) is 11.4 Å². The maximum atomic E-state index is 11.4. The van der Waals surface area contributed by atoms with Crippen LogP contribution in [0.1, 0.15) is 6.92 Å². The Morgan fingerprint density at radius 2 is 2.19 bits per heavy atom. The Balaban J connectivity index is 2.01. The normalized spacial score (nSPS) is 20.4. The molecule has 0 radical (unpaired) electrons. The van der Waals surface area contributed by atoms with Crippen molar-refractivity contribution >= 4 is 21.4 Å². The van der Waals surface area contributed by atoms with Gasteiger partial charge in [0.05, 0.1) is 17.6 Å². The Labute approximate surface area is 125 Å². The van der Waals surface area contributed by atoms with E-state index in [2.05, 4.69) is 17.1 Å². The second kappa shape index (κ2) is 6.61. The minimum atomic E-state index is -3.76. The highest BCUT2D eigenvalue weighted by atomic mass is 32.2. The highest BCUT2D eigenvalue weighted by molar-refractivity contribution is 7.89. The molecule has 118 valence electrons. The number of hydrogen-bond donors (Lipinski definition) is 3. The fourth-order valence-corrected chi connectivity index (χ4v) is 2.90. The van der Waals surface area contributed by atoms with Gasteiger partial charge in [-0.2, -0.15) is 0 Å². The van der Waals surface area contributed by atoms with Crippen LogP contribution >= 0.6 is 0 Å². The molecule has 5 N–H and O–H groups in total. The molecule has 7 nitrogen and oxygen atoms in total. The third kappa shape index (κ3) is 4.57. The van der Waals surface area contributed by atoms with Crippen LogP contribution in [-0.4, -0.2) is 52.2 Å². The Hall–Kier alpha value is -1.35. The number of anilines is 2. The van der Waals surface area contributed by atoms with E-state index in [1.807, 2.05) is 0 Å². The van der Waals surface area contributed by atoms with E-state index in [9.17, 15) is 8.42 Å². The van der Waals surface area contributed by atoms with E-state index in [1.54, 1.807) is 6.07 Å². The third-order valence-corrected chi connectivity index (χ3v) is 4.35. The molecule has 1 unspecified atom stereocenters. The molecule has 0 amide bonds. The highest BCUT2D eigenvalue weighted by Gasteiger charge is 2.19. The topological polar surface area (TPSA) is 111 Å². The predicted molar refractivity (Wildman–Crippen MR) is 82.6 cm³/mol. The molecular formula is C13H22N4O3S. The summed E-state index contributed by atoms with van der Waals surface area (Å²) >= 11 is 0. The fourth-order valence-electron chi connectivity index (χ4n) is 2.31. The summed E-state index contributed by atoms with van der Waals surface area (Å²) in [6.07, 6.45) is 0.0677. The lowest BCUT2D eigenvalue weighted by atomic mass is 10.2. The first-order valence-corrected chi connectivity index (χ1v) is 8.44. The molecule has 1 aromatic carbocycles. The summed E-state index contributed by atoms with van der Waals surface area (Å²) in [4.78, 5) is 2.31. The van der Waals surface area contributed by atoms with Gasteiger partial charge in [-0.25, -0.2) is 13.6 Å². The van der Waals surface area contributed by atoms with Crippen LogP contribution < -0.4 is 16.2 Å². The van der Waals surface area contributed by atoms with E-state index < -0.39 is 10.0 Å². The van der Waals surface area contributed by atoms with Gasteiger partial charge >= 0.3 is 0 Å². The first-order chi connectivity index (χ1) is 9.88. The van der Waals surface area contributed by atoms with Gasteiger partial charge in [0.15, 0.2) is 0 Å². The first kappa shape index (κ1) is 16.0. The molecule has 2 rings (SSSR count). The average Bonchev–Trinajstić information content (AvgIpc) is 2.44. The van der Waals surface area contributed by atoms with Crippen LogP contribution in [0.15, 0.2) is 23.1 Å². The van der Waals surface area contributed by atoms with Crippen molar-refractivity contribution in [1.82, 2.24) is 4.90 Å². The summed E-state index contributed by atoms with van der Waals surface area (Å²) in [5.74, 6) is 0. The summed E-state index contributed by atoms with van der Waals surface area (Å²) < 4.78 is 28.5. The fraction of sp³-hybridized carbons (Fsp3) is 0.538. The lowest BCUT2D eigenvalue weighted by Gasteiger charge is -2.32. The summed E-state index contributed by atoms with van der Waals surface area (Å²) in [6, 6.07) is 4.50. The van der Waals surface area contributed by atoms with Gasteiger partial charge in [0, 0.05) is 31.0 Å². The summed E-state index contributed by atoms with van der Waals surface area (Å²) in [5, 5.41) is 8.29. The van der Waals surface area contributed by atoms with Crippen LogP contribution in [0, 0.1) is 0 Å². The SMILES string of the molecule is CCN1CCOC(CNc2cc(N)cc(S(N)(=O)=O)c2)C1.